The third-order valence-electron chi connectivity index (χ3n) is 2.16. The number of hydrogen-bond donors (Lipinski definition) is 1. The standard InChI is InChI=1S/C12H18O2S/c1-9-4-5-12(14-6-7-15-3)11(8-9)10(2)13/h4-5,8,10,13H,6-7H2,1-3H3/t10-/m1/s1. The summed E-state index contributed by atoms with van der Waals surface area (Å²) in [6.45, 7) is 4.46. The number of aliphatic hydroxyl groups excluding tert-OH is 1. The Morgan fingerprint density at radius 3 is 2.80 bits per heavy atom. The fraction of sp³-hybridized carbons (Fsp3) is 0.500. The van der Waals surface area contributed by atoms with Crippen molar-refractivity contribution in [3.05, 3.63) is 29.3 Å². The van der Waals surface area contributed by atoms with Crippen LogP contribution in [-0.2, 0) is 0 Å². The Labute approximate surface area is 95.7 Å². The van der Waals surface area contributed by atoms with E-state index in [4.69, 9.17) is 4.74 Å². The van der Waals surface area contributed by atoms with Crippen molar-refractivity contribution in [2.24, 2.45) is 0 Å². The highest BCUT2D eigenvalue weighted by molar-refractivity contribution is 7.98. The lowest BCUT2D eigenvalue weighted by atomic mass is 10.1. The van der Waals surface area contributed by atoms with Gasteiger partial charge in [-0.2, -0.15) is 11.8 Å². The molecule has 2 nitrogen and oxygen atoms in total. The lowest BCUT2D eigenvalue weighted by Crippen LogP contribution is -2.04. The summed E-state index contributed by atoms with van der Waals surface area (Å²) in [5, 5.41) is 9.60. The average Bonchev–Trinajstić information content (AvgIpc) is 2.20. The Bertz CT molecular complexity index is 310. The quantitative estimate of drug-likeness (QED) is 0.783. The van der Waals surface area contributed by atoms with Crippen molar-refractivity contribution in [2.45, 2.75) is 20.0 Å². The molecule has 1 N–H and O–H groups in total. The largest absolute Gasteiger partial charge is 0.492 e. The molecule has 0 saturated carbocycles. The molecule has 0 aliphatic carbocycles. The zero-order valence-corrected chi connectivity index (χ0v) is 10.3. The molecule has 0 saturated heterocycles. The molecule has 0 aliphatic heterocycles. The molecule has 0 heterocycles. The minimum Gasteiger partial charge on any atom is -0.492 e. The van der Waals surface area contributed by atoms with Crippen molar-refractivity contribution < 1.29 is 9.84 Å². The van der Waals surface area contributed by atoms with Crippen LogP contribution in [0, 0.1) is 6.92 Å². The lowest BCUT2D eigenvalue weighted by Gasteiger charge is -2.13. The number of ether oxygens (including phenoxy) is 1. The van der Waals surface area contributed by atoms with Gasteiger partial charge in [0, 0.05) is 11.3 Å². The zero-order valence-electron chi connectivity index (χ0n) is 9.49. The van der Waals surface area contributed by atoms with E-state index in [0.29, 0.717) is 6.61 Å². The molecule has 1 aromatic rings. The first-order chi connectivity index (χ1) is 7.15. The smallest absolute Gasteiger partial charge is 0.125 e. The van der Waals surface area contributed by atoms with E-state index in [-0.39, 0.29) is 0 Å². The number of rotatable bonds is 5. The molecule has 1 atom stereocenters. The lowest BCUT2D eigenvalue weighted by molar-refractivity contribution is 0.192. The molecule has 84 valence electrons. The summed E-state index contributed by atoms with van der Waals surface area (Å²) in [4.78, 5) is 0. The summed E-state index contributed by atoms with van der Waals surface area (Å²) in [6.07, 6.45) is 1.57. The van der Waals surface area contributed by atoms with Crippen LogP contribution in [0.4, 0.5) is 0 Å². The predicted molar refractivity (Wildman–Crippen MR) is 65.7 cm³/mol. The van der Waals surface area contributed by atoms with Gasteiger partial charge < -0.3 is 9.84 Å². The molecule has 0 amide bonds. The number of aliphatic hydroxyl groups is 1. The highest BCUT2D eigenvalue weighted by Gasteiger charge is 2.08. The molecule has 0 aliphatic rings. The molecule has 15 heavy (non-hydrogen) atoms. The summed E-state index contributed by atoms with van der Waals surface area (Å²) >= 11 is 1.75. The average molecular weight is 226 g/mol. The van der Waals surface area contributed by atoms with Crippen LogP contribution in [0.1, 0.15) is 24.2 Å². The van der Waals surface area contributed by atoms with Gasteiger partial charge in [-0.05, 0) is 32.2 Å². The predicted octanol–water partition coefficient (Wildman–Crippen LogP) is 2.79. The molecule has 0 radical (unpaired) electrons. The fourth-order valence-electron chi connectivity index (χ4n) is 1.36. The first-order valence-corrected chi connectivity index (χ1v) is 6.45. The summed E-state index contributed by atoms with van der Waals surface area (Å²) in [6, 6.07) is 5.90. The fourth-order valence-corrected chi connectivity index (χ4v) is 1.61. The monoisotopic (exact) mass is 226 g/mol. The van der Waals surface area contributed by atoms with Gasteiger partial charge in [0.05, 0.1) is 12.7 Å². The minimum atomic E-state index is -0.478. The summed E-state index contributed by atoms with van der Waals surface area (Å²) in [7, 11) is 0. The Balaban J connectivity index is 2.77. The van der Waals surface area contributed by atoms with Gasteiger partial charge >= 0.3 is 0 Å². The first kappa shape index (κ1) is 12.4. The van der Waals surface area contributed by atoms with Crippen LogP contribution in [0.5, 0.6) is 5.75 Å². The Morgan fingerprint density at radius 1 is 1.47 bits per heavy atom. The van der Waals surface area contributed by atoms with Crippen molar-refractivity contribution in [1.29, 1.82) is 0 Å². The van der Waals surface area contributed by atoms with Crippen LogP contribution in [0.15, 0.2) is 18.2 Å². The maximum atomic E-state index is 9.60. The van der Waals surface area contributed by atoms with Crippen molar-refractivity contribution in [3.8, 4) is 5.75 Å². The third kappa shape index (κ3) is 3.76. The first-order valence-electron chi connectivity index (χ1n) is 5.05. The molecule has 0 bridgehead atoms. The van der Waals surface area contributed by atoms with Gasteiger partial charge in [0.2, 0.25) is 0 Å². The highest BCUT2D eigenvalue weighted by atomic mass is 32.2. The maximum Gasteiger partial charge on any atom is 0.125 e. The van der Waals surface area contributed by atoms with Crippen LogP contribution in [0.25, 0.3) is 0 Å². The molecule has 3 heteroatoms. The van der Waals surface area contributed by atoms with Gasteiger partial charge in [0.15, 0.2) is 0 Å². The number of aryl methyl sites for hydroxylation is 1. The molecule has 1 rings (SSSR count). The number of hydrogen-bond acceptors (Lipinski definition) is 3. The van der Waals surface area contributed by atoms with Crippen LogP contribution in [-0.4, -0.2) is 23.7 Å². The van der Waals surface area contributed by atoms with Crippen LogP contribution in [0.3, 0.4) is 0 Å². The van der Waals surface area contributed by atoms with E-state index >= 15 is 0 Å². The van der Waals surface area contributed by atoms with Crippen molar-refractivity contribution in [3.63, 3.8) is 0 Å². The molecule has 1 aromatic carbocycles. The van der Waals surface area contributed by atoms with E-state index < -0.39 is 6.10 Å². The maximum absolute atomic E-state index is 9.60. The van der Waals surface area contributed by atoms with Crippen molar-refractivity contribution >= 4 is 11.8 Å². The third-order valence-corrected chi connectivity index (χ3v) is 2.74. The molecule has 0 unspecified atom stereocenters. The number of thioether (sulfide) groups is 1. The zero-order chi connectivity index (χ0) is 11.3. The van der Waals surface area contributed by atoms with Crippen molar-refractivity contribution in [1.82, 2.24) is 0 Å². The highest BCUT2D eigenvalue weighted by Crippen LogP contribution is 2.26. The SMILES string of the molecule is CSCCOc1ccc(C)cc1[C@@H](C)O. The van der Waals surface area contributed by atoms with E-state index in [1.807, 2.05) is 31.4 Å². The second-order valence-electron chi connectivity index (χ2n) is 3.56. The second-order valence-corrected chi connectivity index (χ2v) is 4.54. The van der Waals surface area contributed by atoms with Crippen LogP contribution < -0.4 is 4.74 Å². The molecule has 0 fully saturated rings. The minimum absolute atomic E-state index is 0.478. The normalized spacial score (nSPS) is 12.5. The van der Waals surface area contributed by atoms with E-state index in [0.717, 1.165) is 22.6 Å². The van der Waals surface area contributed by atoms with Gasteiger partial charge in [0.1, 0.15) is 5.75 Å². The van der Waals surface area contributed by atoms with Gasteiger partial charge in [-0.25, -0.2) is 0 Å². The van der Waals surface area contributed by atoms with Gasteiger partial charge in [0.25, 0.3) is 0 Å². The van der Waals surface area contributed by atoms with E-state index in [9.17, 15) is 5.11 Å². The van der Waals surface area contributed by atoms with Gasteiger partial charge in [-0.15, -0.1) is 0 Å². The van der Waals surface area contributed by atoms with E-state index in [1.54, 1.807) is 18.7 Å². The Hall–Kier alpha value is -0.670. The molecule has 0 aromatic heterocycles. The van der Waals surface area contributed by atoms with Gasteiger partial charge in [-0.3, -0.25) is 0 Å². The van der Waals surface area contributed by atoms with Gasteiger partial charge in [-0.1, -0.05) is 11.6 Å². The summed E-state index contributed by atoms with van der Waals surface area (Å²) in [5.74, 6) is 1.76. The van der Waals surface area contributed by atoms with E-state index in [2.05, 4.69) is 0 Å². The number of benzene rings is 1. The molecule has 0 spiro atoms. The Morgan fingerprint density at radius 2 is 2.20 bits per heavy atom. The van der Waals surface area contributed by atoms with E-state index in [1.165, 1.54) is 0 Å². The van der Waals surface area contributed by atoms with Crippen LogP contribution in [0.2, 0.25) is 0 Å². The summed E-state index contributed by atoms with van der Waals surface area (Å²) in [5.41, 5.74) is 2.01. The molecular formula is C12H18O2S. The summed E-state index contributed by atoms with van der Waals surface area (Å²) < 4.78 is 5.61. The Kier molecular flexibility index (Phi) is 4.99. The molecular weight excluding hydrogens is 208 g/mol. The van der Waals surface area contributed by atoms with Crippen molar-refractivity contribution in [2.75, 3.05) is 18.6 Å². The van der Waals surface area contributed by atoms with Crippen LogP contribution >= 0.6 is 11.8 Å². The topological polar surface area (TPSA) is 29.5 Å². The second kappa shape index (κ2) is 6.03.